The van der Waals surface area contributed by atoms with Crippen LogP contribution in [0.1, 0.15) is 24.1 Å². The summed E-state index contributed by atoms with van der Waals surface area (Å²) < 4.78 is 5.72. The average Bonchev–Trinajstić information content (AvgIpc) is 2.57. The number of fused-ring (bicyclic) bond motifs is 1. The van der Waals surface area contributed by atoms with Crippen LogP contribution in [0.25, 0.3) is 0 Å². The summed E-state index contributed by atoms with van der Waals surface area (Å²) in [4.78, 5) is 4.41. The summed E-state index contributed by atoms with van der Waals surface area (Å²) in [5, 5.41) is 3.48. The second-order valence-corrected chi connectivity index (χ2v) is 5.68. The fourth-order valence-corrected chi connectivity index (χ4v) is 2.60. The Kier molecular flexibility index (Phi) is 4.60. The van der Waals surface area contributed by atoms with Crippen LogP contribution in [0.5, 0.6) is 5.75 Å². The topological polar surface area (TPSA) is 85.7 Å². The molecule has 1 aliphatic heterocycles. The third-order valence-electron chi connectivity index (χ3n) is 3.98. The van der Waals surface area contributed by atoms with Gasteiger partial charge in [0, 0.05) is 19.1 Å². The molecule has 3 rings (SSSR count). The van der Waals surface area contributed by atoms with Crippen LogP contribution in [0.15, 0.2) is 53.5 Å². The standard InChI is InChI=1S/C18H22N4O/c1-12-18(20)22-15-9-13(7-8-17(15)23-12)11-21-16(10-19)14-5-3-2-4-6-14/h2-9,12,16,21H,10-11,19H2,1H3,(H2,20,22). The Balaban J connectivity index is 1.71. The zero-order valence-electron chi connectivity index (χ0n) is 13.2. The number of nitrogens with one attached hydrogen (secondary N) is 1. The van der Waals surface area contributed by atoms with Crippen molar-refractivity contribution in [2.24, 2.45) is 16.5 Å². The van der Waals surface area contributed by atoms with Gasteiger partial charge in [-0.3, -0.25) is 0 Å². The lowest BCUT2D eigenvalue weighted by Crippen LogP contribution is -2.33. The van der Waals surface area contributed by atoms with Gasteiger partial charge in [0.2, 0.25) is 0 Å². The summed E-state index contributed by atoms with van der Waals surface area (Å²) in [7, 11) is 0. The molecular formula is C18H22N4O. The molecule has 0 bridgehead atoms. The number of nitrogens with two attached hydrogens (primary N) is 2. The van der Waals surface area contributed by atoms with Gasteiger partial charge in [0.05, 0.1) is 0 Å². The lowest BCUT2D eigenvalue weighted by Gasteiger charge is -2.22. The highest BCUT2D eigenvalue weighted by atomic mass is 16.5. The molecule has 1 aliphatic rings. The Labute approximate surface area is 136 Å². The van der Waals surface area contributed by atoms with Crippen LogP contribution in [0, 0.1) is 0 Å². The fourth-order valence-electron chi connectivity index (χ4n) is 2.60. The molecule has 0 fully saturated rings. The predicted octanol–water partition coefficient (Wildman–Crippen LogP) is 2.25. The summed E-state index contributed by atoms with van der Waals surface area (Å²) in [5.74, 6) is 1.28. The van der Waals surface area contributed by atoms with Gasteiger partial charge in [-0.15, -0.1) is 0 Å². The van der Waals surface area contributed by atoms with Gasteiger partial charge in [0.1, 0.15) is 17.3 Å². The van der Waals surface area contributed by atoms with Gasteiger partial charge in [0.25, 0.3) is 0 Å². The molecule has 23 heavy (non-hydrogen) atoms. The minimum Gasteiger partial charge on any atom is -0.481 e. The molecule has 1 heterocycles. The first-order valence-electron chi connectivity index (χ1n) is 7.79. The quantitative estimate of drug-likeness (QED) is 0.790. The van der Waals surface area contributed by atoms with Crippen molar-refractivity contribution < 1.29 is 4.74 Å². The van der Waals surface area contributed by atoms with Crippen molar-refractivity contribution in [3.05, 3.63) is 59.7 Å². The van der Waals surface area contributed by atoms with Gasteiger partial charge >= 0.3 is 0 Å². The first-order chi connectivity index (χ1) is 11.2. The average molecular weight is 310 g/mol. The van der Waals surface area contributed by atoms with Crippen molar-refractivity contribution in [3.8, 4) is 5.75 Å². The van der Waals surface area contributed by atoms with E-state index in [2.05, 4.69) is 22.4 Å². The van der Waals surface area contributed by atoms with Crippen molar-refractivity contribution in [2.75, 3.05) is 6.54 Å². The third kappa shape index (κ3) is 3.52. The maximum atomic E-state index is 5.89. The molecule has 0 spiro atoms. The molecule has 0 amide bonds. The molecular weight excluding hydrogens is 288 g/mol. The Morgan fingerprint density at radius 2 is 2.00 bits per heavy atom. The molecule has 2 aromatic rings. The lowest BCUT2D eigenvalue weighted by atomic mass is 10.1. The molecule has 5 nitrogen and oxygen atoms in total. The number of ether oxygens (including phenoxy) is 1. The molecule has 2 atom stereocenters. The van der Waals surface area contributed by atoms with Crippen molar-refractivity contribution in [1.82, 2.24) is 5.32 Å². The molecule has 5 heteroatoms. The van der Waals surface area contributed by atoms with Crippen molar-refractivity contribution in [3.63, 3.8) is 0 Å². The molecule has 0 radical (unpaired) electrons. The van der Waals surface area contributed by atoms with Crippen LogP contribution in [0.4, 0.5) is 5.69 Å². The van der Waals surface area contributed by atoms with Gasteiger partial charge in [0.15, 0.2) is 6.10 Å². The Hall–Kier alpha value is -2.37. The minimum atomic E-state index is -0.175. The molecule has 5 N–H and O–H groups in total. The van der Waals surface area contributed by atoms with Gasteiger partial charge in [-0.05, 0) is 30.2 Å². The summed E-state index contributed by atoms with van der Waals surface area (Å²) in [6, 6.07) is 16.3. The maximum absolute atomic E-state index is 5.89. The van der Waals surface area contributed by atoms with Crippen LogP contribution in [-0.4, -0.2) is 18.5 Å². The van der Waals surface area contributed by atoms with Gasteiger partial charge in [-0.2, -0.15) is 0 Å². The van der Waals surface area contributed by atoms with Crippen LogP contribution in [0.3, 0.4) is 0 Å². The van der Waals surface area contributed by atoms with E-state index in [4.69, 9.17) is 16.2 Å². The molecule has 0 aliphatic carbocycles. The highest BCUT2D eigenvalue weighted by Gasteiger charge is 2.18. The zero-order valence-corrected chi connectivity index (χ0v) is 13.2. The number of benzene rings is 2. The van der Waals surface area contributed by atoms with Crippen LogP contribution in [-0.2, 0) is 6.54 Å². The molecule has 2 aromatic carbocycles. The number of rotatable bonds is 5. The number of aliphatic imine (C=N–C) groups is 1. The van der Waals surface area contributed by atoms with E-state index < -0.39 is 0 Å². The molecule has 120 valence electrons. The van der Waals surface area contributed by atoms with E-state index in [-0.39, 0.29) is 12.1 Å². The highest BCUT2D eigenvalue weighted by molar-refractivity contribution is 5.89. The van der Waals surface area contributed by atoms with Crippen molar-refractivity contribution in [2.45, 2.75) is 25.6 Å². The molecule has 0 saturated heterocycles. The van der Waals surface area contributed by atoms with Gasteiger partial charge in [-0.25, -0.2) is 4.99 Å². The van der Waals surface area contributed by atoms with Crippen LogP contribution < -0.4 is 21.5 Å². The SMILES string of the molecule is CC1Oc2ccc(CNC(CN)c3ccccc3)cc2N=C1N. The van der Waals surface area contributed by atoms with E-state index in [1.807, 2.05) is 43.3 Å². The maximum Gasteiger partial charge on any atom is 0.153 e. The lowest BCUT2D eigenvalue weighted by molar-refractivity contribution is 0.281. The third-order valence-corrected chi connectivity index (χ3v) is 3.98. The van der Waals surface area contributed by atoms with E-state index in [1.165, 1.54) is 5.56 Å². The predicted molar refractivity (Wildman–Crippen MR) is 92.9 cm³/mol. The molecule has 0 aromatic heterocycles. The fraction of sp³-hybridized carbons (Fsp3) is 0.278. The van der Waals surface area contributed by atoms with E-state index in [0.29, 0.717) is 18.9 Å². The minimum absolute atomic E-state index is 0.122. The normalized spacial score (nSPS) is 17.8. The van der Waals surface area contributed by atoms with E-state index in [1.54, 1.807) is 0 Å². The van der Waals surface area contributed by atoms with Gasteiger partial charge in [-0.1, -0.05) is 36.4 Å². The Bertz CT molecular complexity index is 699. The summed E-state index contributed by atoms with van der Waals surface area (Å²) in [5.41, 5.74) is 14.8. The van der Waals surface area contributed by atoms with Crippen molar-refractivity contribution >= 4 is 11.5 Å². The van der Waals surface area contributed by atoms with Crippen LogP contribution >= 0.6 is 0 Å². The van der Waals surface area contributed by atoms with Gasteiger partial charge < -0.3 is 21.5 Å². The Morgan fingerprint density at radius 3 is 2.74 bits per heavy atom. The first kappa shape index (κ1) is 15.5. The van der Waals surface area contributed by atoms with Crippen LogP contribution in [0.2, 0.25) is 0 Å². The second-order valence-electron chi connectivity index (χ2n) is 5.68. The number of nitrogens with zero attached hydrogens (tertiary/aromatic N) is 1. The largest absolute Gasteiger partial charge is 0.481 e. The number of hydrogen-bond donors (Lipinski definition) is 3. The Morgan fingerprint density at radius 1 is 1.22 bits per heavy atom. The first-order valence-corrected chi connectivity index (χ1v) is 7.79. The number of hydrogen-bond acceptors (Lipinski definition) is 5. The highest BCUT2D eigenvalue weighted by Crippen LogP contribution is 2.32. The molecule has 0 saturated carbocycles. The zero-order chi connectivity index (χ0) is 16.2. The van der Waals surface area contributed by atoms with E-state index >= 15 is 0 Å². The summed E-state index contributed by atoms with van der Waals surface area (Å²) >= 11 is 0. The van der Waals surface area contributed by atoms with E-state index in [0.717, 1.165) is 17.0 Å². The molecule has 2 unspecified atom stereocenters. The monoisotopic (exact) mass is 310 g/mol. The van der Waals surface area contributed by atoms with Crippen molar-refractivity contribution in [1.29, 1.82) is 0 Å². The summed E-state index contributed by atoms with van der Waals surface area (Å²) in [6.07, 6.45) is -0.175. The second kappa shape index (κ2) is 6.81. The smallest absolute Gasteiger partial charge is 0.153 e. The summed E-state index contributed by atoms with van der Waals surface area (Å²) in [6.45, 7) is 3.14. The van der Waals surface area contributed by atoms with E-state index in [9.17, 15) is 0 Å². The number of amidine groups is 1.